The Morgan fingerprint density at radius 2 is 1.75 bits per heavy atom. The highest BCUT2D eigenvalue weighted by Gasteiger charge is 2.36. The average molecular weight is 225 g/mol. The summed E-state index contributed by atoms with van der Waals surface area (Å²) >= 11 is 0. The Morgan fingerprint density at radius 3 is 2.31 bits per heavy atom. The molecule has 0 amide bonds. The summed E-state index contributed by atoms with van der Waals surface area (Å²) < 4.78 is 27.5. The minimum atomic E-state index is -1.35. The number of hydrogen-bond acceptors (Lipinski definition) is 1. The van der Waals surface area contributed by atoms with Crippen molar-refractivity contribution in [2.75, 3.05) is 13.1 Å². The third-order valence-electron chi connectivity index (χ3n) is 3.51. The summed E-state index contributed by atoms with van der Waals surface area (Å²) in [5.74, 6) is -0.288. The number of alkyl halides is 1. The largest absolute Gasteiger partial charge is 0.317 e. The molecule has 0 aliphatic carbocycles. The van der Waals surface area contributed by atoms with Gasteiger partial charge in [-0.1, -0.05) is 12.1 Å². The maximum atomic E-state index is 14.7. The zero-order chi connectivity index (χ0) is 11.6. The molecule has 88 valence electrons. The van der Waals surface area contributed by atoms with Gasteiger partial charge in [-0.2, -0.15) is 0 Å². The van der Waals surface area contributed by atoms with Crippen LogP contribution in [-0.2, 0) is 5.67 Å². The van der Waals surface area contributed by atoms with E-state index in [2.05, 4.69) is 5.32 Å². The normalized spacial score (nSPS) is 21.7. The molecule has 1 aromatic carbocycles. The molecule has 1 saturated heterocycles. The van der Waals surface area contributed by atoms with Gasteiger partial charge in [-0.05, 0) is 56.5 Å². The Balaban J connectivity index is 2.19. The third kappa shape index (κ3) is 2.24. The molecule has 1 aliphatic rings. The van der Waals surface area contributed by atoms with Crippen molar-refractivity contribution in [2.24, 2.45) is 5.92 Å². The van der Waals surface area contributed by atoms with Crippen molar-refractivity contribution in [1.29, 1.82) is 0 Å². The van der Waals surface area contributed by atoms with Crippen LogP contribution in [0.2, 0.25) is 0 Å². The molecule has 1 unspecified atom stereocenters. The second kappa shape index (κ2) is 4.50. The lowest BCUT2D eigenvalue weighted by atomic mass is 9.79. The van der Waals surface area contributed by atoms with E-state index in [1.165, 1.54) is 12.1 Å². The van der Waals surface area contributed by atoms with Gasteiger partial charge < -0.3 is 5.32 Å². The molecule has 1 atom stereocenters. The van der Waals surface area contributed by atoms with Crippen LogP contribution in [0.25, 0.3) is 0 Å². The lowest BCUT2D eigenvalue weighted by molar-refractivity contribution is 0.0772. The lowest BCUT2D eigenvalue weighted by Gasteiger charge is -2.34. The van der Waals surface area contributed by atoms with E-state index < -0.39 is 5.67 Å². The van der Waals surface area contributed by atoms with Crippen LogP contribution in [0, 0.1) is 11.7 Å². The zero-order valence-corrected chi connectivity index (χ0v) is 9.47. The van der Waals surface area contributed by atoms with Gasteiger partial charge in [0.15, 0.2) is 0 Å². The standard InChI is InChI=1S/C13H17F2N/c1-13(15,11-6-8-16-9-7-11)10-2-4-12(14)5-3-10/h2-5,11,16H,6-9H2,1H3. The topological polar surface area (TPSA) is 12.0 Å². The molecular weight excluding hydrogens is 208 g/mol. The molecule has 1 aromatic rings. The fraction of sp³-hybridized carbons (Fsp3) is 0.538. The highest BCUT2D eigenvalue weighted by atomic mass is 19.1. The molecule has 16 heavy (non-hydrogen) atoms. The number of halogens is 2. The minimum Gasteiger partial charge on any atom is -0.317 e. The van der Waals surface area contributed by atoms with Gasteiger partial charge >= 0.3 is 0 Å². The predicted octanol–water partition coefficient (Wildman–Crippen LogP) is 3.01. The van der Waals surface area contributed by atoms with Crippen LogP contribution >= 0.6 is 0 Å². The minimum absolute atomic E-state index is 0.0270. The Bertz CT molecular complexity index is 339. The van der Waals surface area contributed by atoms with E-state index in [0.29, 0.717) is 5.56 Å². The van der Waals surface area contributed by atoms with Crippen molar-refractivity contribution in [1.82, 2.24) is 5.32 Å². The second-order valence-electron chi connectivity index (χ2n) is 4.61. The summed E-state index contributed by atoms with van der Waals surface area (Å²) in [7, 11) is 0. The van der Waals surface area contributed by atoms with Gasteiger partial charge in [0.25, 0.3) is 0 Å². The molecule has 1 nitrogen and oxygen atoms in total. The van der Waals surface area contributed by atoms with Crippen molar-refractivity contribution in [3.8, 4) is 0 Å². The maximum absolute atomic E-state index is 14.7. The molecule has 1 N–H and O–H groups in total. The van der Waals surface area contributed by atoms with E-state index in [0.717, 1.165) is 25.9 Å². The van der Waals surface area contributed by atoms with E-state index in [1.54, 1.807) is 19.1 Å². The highest BCUT2D eigenvalue weighted by molar-refractivity contribution is 5.23. The first-order chi connectivity index (χ1) is 7.60. The first-order valence-electron chi connectivity index (χ1n) is 5.76. The molecule has 0 spiro atoms. The first kappa shape index (κ1) is 11.5. The molecule has 2 rings (SSSR count). The van der Waals surface area contributed by atoms with E-state index in [1.807, 2.05) is 0 Å². The van der Waals surface area contributed by atoms with E-state index in [-0.39, 0.29) is 11.7 Å². The smallest absolute Gasteiger partial charge is 0.136 e. The Morgan fingerprint density at radius 1 is 1.19 bits per heavy atom. The van der Waals surface area contributed by atoms with Gasteiger partial charge in [0.2, 0.25) is 0 Å². The Labute approximate surface area is 94.9 Å². The van der Waals surface area contributed by atoms with Crippen LogP contribution in [-0.4, -0.2) is 13.1 Å². The first-order valence-corrected chi connectivity index (χ1v) is 5.76. The molecule has 0 aromatic heterocycles. The van der Waals surface area contributed by atoms with Crippen LogP contribution in [0.3, 0.4) is 0 Å². The number of rotatable bonds is 2. The summed E-state index contributed by atoms with van der Waals surface area (Å²) in [4.78, 5) is 0. The molecule has 1 fully saturated rings. The fourth-order valence-electron chi connectivity index (χ4n) is 2.38. The number of hydrogen-bond donors (Lipinski definition) is 1. The lowest BCUT2D eigenvalue weighted by Crippen LogP contribution is -2.37. The molecule has 0 saturated carbocycles. The summed E-state index contributed by atoms with van der Waals surface area (Å²) in [6, 6.07) is 5.76. The van der Waals surface area contributed by atoms with E-state index >= 15 is 0 Å². The fourth-order valence-corrected chi connectivity index (χ4v) is 2.38. The van der Waals surface area contributed by atoms with Gasteiger partial charge in [0, 0.05) is 0 Å². The van der Waals surface area contributed by atoms with Crippen LogP contribution in [0.4, 0.5) is 8.78 Å². The van der Waals surface area contributed by atoms with Crippen LogP contribution in [0.15, 0.2) is 24.3 Å². The molecule has 1 aliphatic heterocycles. The summed E-state index contributed by atoms with van der Waals surface area (Å²) in [5.41, 5.74) is -0.767. The summed E-state index contributed by atoms with van der Waals surface area (Å²) in [6.45, 7) is 3.34. The Hall–Kier alpha value is -0.960. The predicted molar refractivity (Wildman–Crippen MR) is 60.5 cm³/mol. The zero-order valence-electron chi connectivity index (χ0n) is 9.47. The molecular formula is C13H17F2N. The van der Waals surface area contributed by atoms with Crippen molar-refractivity contribution in [2.45, 2.75) is 25.4 Å². The van der Waals surface area contributed by atoms with Gasteiger partial charge in [0.1, 0.15) is 11.5 Å². The van der Waals surface area contributed by atoms with E-state index in [4.69, 9.17) is 0 Å². The van der Waals surface area contributed by atoms with Crippen molar-refractivity contribution in [3.05, 3.63) is 35.6 Å². The molecule has 3 heteroatoms. The Kier molecular flexibility index (Phi) is 3.24. The van der Waals surface area contributed by atoms with Crippen molar-refractivity contribution in [3.63, 3.8) is 0 Å². The van der Waals surface area contributed by atoms with Crippen LogP contribution in [0.5, 0.6) is 0 Å². The maximum Gasteiger partial charge on any atom is 0.136 e. The number of nitrogens with one attached hydrogen (secondary N) is 1. The SMILES string of the molecule is CC(F)(c1ccc(F)cc1)C1CCNCC1. The van der Waals surface area contributed by atoms with Gasteiger partial charge in [-0.25, -0.2) is 8.78 Å². The molecule has 0 radical (unpaired) electrons. The monoisotopic (exact) mass is 225 g/mol. The number of piperidine rings is 1. The van der Waals surface area contributed by atoms with Crippen molar-refractivity contribution >= 4 is 0 Å². The second-order valence-corrected chi connectivity index (χ2v) is 4.61. The summed E-state index contributed by atoms with van der Waals surface area (Å²) in [5, 5.41) is 3.22. The quantitative estimate of drug-likeness (QED) is 0.815. The number of benzene rings is 1. The van der Waals surface area contributed by atoms with Crippen LogP contribution in [0.1, 0.15) is 25.3 Å². The van der Waals surface area contributed by atoms with Gasteiger partial charge in [0.05, 0.1) is 0 Å². The highest BCUT2D eigenvalue weighted by Crippen LogP contribution is 2.38. The molecule has 0 bridgehead atoms. The third-order valence-corrected chi connectivity index (χ3v) is 3.51. The van der Waals surface area contributed by atoms with Crippen molar-refractivity contribution < 1.29 is 8.78 Å². The molecule has 1 heterocycles. The van der Waals surface area contributed by atoms with Gasteiger partial charge in [-0.3, -0.25) is 0 Å². The van der Waals surface area contributed by atoms with E-state index in [9.17, 15) is 8.78 Å². The van der Waals surface area contributed by atoms with Gasteiger partial charge in [-0.15, -0.1) is 0 Å². The average Bonchev–Trinajstić information content (AvgIpc) is 2.31. The van der Waals surface area contributed by atoms with Crippen LogP contribution < -0.4 is 5.32 Å². The summed E-state index contributed by atoms with van der Waals surface area (Å²) in [6.07, 6.45) is 1.68.